The average Bonchev–Trinajstić information content (AvgIpc) is 3.38. The van der Waals surface area contributed by atoms with Crippen molar-refractivity contribution in [2.24, 2.45) is 0 Å². The summed E-state index contributed by atoms with van der Waals surface area (Å²) in [6, 6.07) is 9.93. The van der Waals surface area contributed by atoms with E-state index in [1.807, 2.05) is 6.92 Å². The Morgan fingerprint density at radius 1 is 1.26 bits per heavy atom. The minimum Gasteiger partial charge on any atom is -0.341 e. The number of aromatic nitrogens is 3. The van der Waals surface area contributed by atoms with Crippen molar-refractivity contribution in [3.8, 4) is 0 Å². The van der Waals surface area contributed by atoms with Crippen LogP contribution >= 0.6 is 23.2 Å². The number of hydrogen-bond donors (Lipinski definition) is 0. The standard InChI is InChI=1S/C20H19Cl2N3O5S/c1-13-3-6-19(31(26,27)28-2)15(7-13)18-9-29-20(30-18,10-25-12-23-11-24-25)16-5-4-14(21)8-17(16)22/h3-8,11-12,18H,9-10H2,1-2H3/t18-,20-/m1/s1. The van der Waals surface area contributed by atoms with Gasteiger partial charge >= 0.3 is 0 Å². The molecule has 0 amide bonds. The van der Waals surface area contributed by atoms with Gasteiger partial charge in [0.25, 0.3) is 10.1 Å². The summed E-state index contributed by atoms with van der Waals surface area (Å²) in [5.74, 6) is -1.34. The number of ether oxygens (including phenoxy) is 2. The second-order valence-corrected chi connectivity index (χ2v) is 9.57. The third-order valence-corrected chi connectivity index (χ3v) is 6.88. The Hall–Kier alpha value is -2.01. The summed E-state index contributed by atoms with van der Waals surface area (Å²) in [6.07, 6.45) is 2.22. The van der Waals surface area contributed by atoms with E-state index in [1.165, 1.54) is 18.7 Å². The second kappa shape index (κ2) is 8.50. The van der Waals surface area contributed by atoms with Crippen LogP contribution in [-0.2, 0) is 36.1 Å². The zero-order chi connectivity index (χ0) is 22.2. The summed E-state index contributed by atoms with van der Waals surface area (Å²) in [5.41, 5.74) is 1.85. The molecular formula is C20H19Cl2N3O5S. The first-order valence-corrected chi connectivity index (χ1v) is 11.4. The lowest BCUT2D eigenvalue weighted by molar-refractivity contribution is -0.189. The van der Waals surface area contributed by atoms with Crippen molar-refractivity contribution >= 4 is 33.3 Å². The molecule has 2 aromatic carbocycles. The molecule has 11 heteroatoms. The fourth-order valence-corrected chi connectivity index (χ4v) is 4.98. The van der Waals surface area contributed by atoms with Crippen LogP contribution in [0.15, 0.2) is 53.9 Å². The molecule has 0 unspecified atom stereocenters. The van der Waals surface area contributed by atoms with Crippen molar-refractivity contribution in [1.29, 1.82) is 0 Å². The molecular weight excluding hydrogens is 465 g/mol. The van der Waals surface area contributed by atoms with Gasteiger partial charge in [-0.25, -0.2) is 9.67 Å². The minimum absolute atomic E-state index is 0.0213. The summed E-state index contributed by atoms with van der Waals surface area (Å²) >= 11 is 12.5. The quantitative estimate of drug-likeness (QED) is 0.491. The maximum absolute atomic E-state index is 12.5. The summed E-state index contributed by atoms with van der Waals surface area (Å²) in [6.45, 7) is 2.09. The number of aryl methyl sites for hydroxylation is 1. The molecule has 1 aliphatic rings. The second-order valence-electron chi connectivity index (χ2n) is 7.05. The van der Waals surface area contributed by atoms with E-state index in [4.69, 9.17) is 36.9 Å². The Morgan fingerprint density at radius 2 is 2.06 bits per heavy atom. The molecule has 1 fully saturated rings. The molecule has 2 heterocycles. The van der Waals surface area contributed by atoms with Gasteiger partial charge in [-0.1, -0.05) is 47.0 Å². The number of benzene rings is 2. The van der Waals surface area contributed by atoms with Crippen molar-refractivity contribution in [3.05, 3.63) is 75.8 Å². The van der Waals surface area contributed by atoms with Crippen LogP contribution in [0.4, 0.5) is 0 Å². The molecule has 0 aliphatic carbocycles. The molecule has 164 valence electrons. The van der Waals surface area contributed by atoms with E-state index in [2.05, 4.69) is 10.1 Å². The van der Waals surface area contributed by atoms with Crippen molar-refractivity contribution in [2.45, 2.75) is 30.3 Å². The highest BCUT2D eigenvalue weighted by molar-refractivity contribution is 7.86. The zero-order valence-corrected chi connectivity index (χ0v) is 19.0. The molecule has 0 bridgehead atoms. The Labute approximate surface area is 189 Å². The normalized spacial score (nSPS) is 21.5. The third-order valence-electron chi connectivity index (χ3n) is 4.98. The van der Waals surface area contributed by atoms with E-state index >= 15 is 0 Å². The van der Waals surface area contributed by atoms with Crippen molar-refractivity contribution in [1.82, 2.24) is 14.8 Å². The average molecular weight is 484 g/mol. The summed E-state index contributed by atoms with van der Waals surface area (Å²) in [5, 5.41) is 4.95. The van der Waals surface area contributed by atoms with Crippen molar-refractivity contribution in [3.63, 3.8) is 0 Å². The molecule has 0 N–H and O–H groups in total. The first-order valence-electron chi connectivity index (χ1n) is 9.25. The highest BCUT2D eigenvalue weighted by Gasteiger charge is 2.47. The van der Waals surface area contributed by atoms with Gasteiger partial charge in [-0.2, -0.15) is 13.5 Å². The number of rotatable bonds is 6. The lowest BCUT2D eigenvalue weighted by Gasteiger charge is -2.29. The first-order chi connectivity index (χ1) is 14.7. The number of hydrogen-bond acceptors (Lipinski definition) is 7. The largest absolute Gasteiger partial charge is 0.341 e. The molecule has 4 rings (SSSR count). The fraction of sp³-hybridized carbons (Fsp3) is 0.300. The summed E-state index contributed by atoms with van der Waals surface area (Å²) in [7, 11) is -2.84. The third kappa shape index (κ3) is 4.34. The Balaban J connectivity index is 1.79. The van der Waals surface area contributed by atoms with Crippen LogP contribution in [0.2, 0.25) is 10.0 Å². The number of nitrogens with zero attached hydrogens (tertiary/aromatic N) is 3. The smallest absolute Gasteiger partial charge is 0.297 e. The van der Waals surface area contributed by atoms with Crippen LogP contribution in [0, 0.1) is 6.92 Å². The Bertz CT molecular complexity index is 1200. The van der Waals surface area contributed by atoms with E-state index < -0.39 is 22.0 Å². The maximum Gasteiger partial charge on any atom is 0.297 e. The van der Waals surface area contributed by atoms with Crippen molar-refractivity contribution in [2.75, 3.05) is 13.7 Å². The predicted octanol–water partition coefficient (Wildman–Crippen LogP) is 3.87. The summed E-state index contributed by atoms with van der Waals surface area (Å²) < 4.78 is 43.8. The lowest BCUT2D eigenvalue weighted by atomic mass is 10.0. The van der Waals surface area contributed by atoms with E-state index in [-0.39, 0.29) is 18.0 Å². The molecule has 1 saturated heterocycles. The zero-order valence-electron chi connectivity index (χ0n) is 16.7. The molecule has 0 radical (unpaired) electrons. The van der Waals surface area contributed by atoms with Gasteiger partial charge in [-0.3, -0.25) is 4.18 Å². The SMILES string of the molecule is COS(=O)(=O)c1ccc(C)cc1[C@H]1CO[C@@](Cn2cncn2)(c2ccc(Cl)cc2Cl)O1. The van der Waals surface area contributed by atoms with Gasteiger partial charge in [0, 0.05) is 16.1 Å². The molecule has 1 aliphatic heterocycles. The molecule has 1 aromatic heterocycles. The van der Waals surface area contributed by atoms with Crippen LogP contribution in [0.25, 0.3) is 0 Å². The topological polar surface area (TPSA) is 92.5 Å². The lowest BCUT2D eigenvalue weighted by Crippen LogP contribution is -2.33. The molecule has 0 saturated carbocycles. The van der Waals surface area contributed by atoms with Gasteiger partial charge in [0.15, 0.2) is 0 Å². The van der Waals surface area contributed by atoms with Gasteiger partial charge in [-0.15, -0.1) is 0 Å². The fourth-order valence-electron chi connectivity index (χ4n) is 3.53. The van der Waals surface area contributed by atoms with Crippen LogP contribution in [0.1, 0.15) is 22.8 Å². The first kappa shape index (κ1) is 22.2. The number of halogens is 2. The van der Waals surface area contributed by atoms with Gasteiger partial charge in [0.2, 0.25) is 5.79 Å². The molecule has 3 aromatic rings. The van der Waals surface area contributed by atoms with E-state index in [1.54, 1.807) is 35.0 Å². The molecule has 8 nitrogen and oxygen atoms in total. The monoisotopic (exact) mass is 483 g/mol. The Kier molecular flexibility index (Phi) is 6.08. The maximum atomic E-state index is 12.5. The Morgan fingerprint density at radius 3 is 2.74 bits per heavy atom. The van der Waals surface area contributed by atoms with E-state index in [0.29, 0.717) is 21.2 Å². The van der Waals surface area contributed by atoms with Crippen LogP contribution in [0.3, 0.4) is 0 Å². The minimum atomic E-state index is -3.96. The van der Waals surface area contributed by atoms with E-state index in [9.17, 15) is 8.42 Å². The summed E-state index contributed by atoms with van der Waals surface area (Å²) in [4.78, 5) is 3.98. The van der Waals surface area contributed by atoms with Crippen LogP contribution in [-0.4, -0.2) is 36.9 Å². The molecule has 0 spiro atoms. The highest BCUT2D eigenvalue weighted by atomic mass is 35.5. The van der Waals surface area contributed by atoms with Gasteiger partial charge in [0.05, 0.1) is 23.6 Å². The molecule has 31 heavy (non-hydrogen) atoms. The predicted molar refractivity (Wildman–Crippen MR) is 113 cm³/mol. The van der Waals surface area contributed by atoms with E-state index in [0.717, 1.165) is 12.7 Å². The van der Waals surface area contributed by atoms with Gasteiger partial charge in [0.1, 0.15) is 25.3 Å². The van der Waals surface area contributed by atoms with Crippen LogP contribution < -0.4 is 0 Å². The van der Waals surface area contributed by atoms with Gasteiger partial charge < -0.3 is 9.47 Å². The molecule has 2 atom stereocenters. The highest BCUT2D eigenvalue weighted by Crippen LogP contribution is 2.45. The van der Waals surface area contributed by atoms with Gasteiger partial charge in [-0.05, 0) is 25.1 Å². The van der Waals surface area contributed by atoms with Crippen LogP contribution in [0.5, 0.6) is 0 Å². The van der Waals surface area contributed by atoms with Crippen molar-refractivity contribution < 1.29 is 22.1 Å².